The van der Waals surface area contributed by atoms with Gasteiger partial charge in [0.1, 0.15) is 5.82 Å². The van der Waals surface area contributed by atoms with E-state index in [-0.39, 0.29) is 29.7 Å². The topological polar surface area (TPSA) is 40.5 Å². The largest absolute Gasteiger partial charge is 0.478 e. The van der Waals surface area contributed by atoms with Crippen molar-refractivity contribution in [2.24, 2.45) is 5.92 Å². The second kappa shape index (κ2) is 12.4. The highest BCUT2D eigenvalue weighted by molar-refractivity contribution is 6.31. The number of benzene rings is 3. The first kappa shape index (κ1) is 28.3. The van der Waals surface area contributed by atoms with E-state index in [1.165, 1.54) is 11.6 Å². The van der Waals surface area contributed by atoms with Gasteiger partial charge < -0.3 is 10.0 Å². The van der Waals surface area contributed by atoms with E-state index in [1.54, 1.807) is 24.3 Å². The number of rotatable bonds is 8. The van der Waals surface area contributed by atoms with E-state index in [0.717, 1.165) is 78.7 Å². The maximum atomic E-state index is 14.0. The standard InChI is InChI=1S/C31H30ClF2NO2.ClH/c32-28-17-24(10-12-29(28)34)26-4-1-3-23-16-25(31(36)37)9-11-27(23)30(26)22-7-5-20(6-8-22)15-21-18-35(19-21)14-2-13-33;/h5-12,16-17,21H,1-4,13-15,18-19H2,(H,36,37);1H. The SMILES string of the molecule is Cl.O=C(O)c1ccc2c(c1)CCCC(c1ccc(F)c(Cl)c1)=C2c1ccc(CC2CN(CCCF)C2)cc1. The fraction of sp³-hybridized carbons (Fsp3) is 0.323. The highest BCUT2D eigenvalue weighted by atomic mass is 35.5. The van der Waals surface area contributed by atoms with Gasteiger partial charge in [-0.15, -0.1) is 12.4 Å². The first-order valence-electron chi connectivity index (χ1n) is 12.9. The Kier molecular flexibility index (Phi) is 9.24. The summed E-state index contributed by atoms with van der Waals surface area (Å²) < 4.78 is 26.4. The Morgan fingerprint density at radius 3 is 2.42 bits per heavy atom. The fourth-order valence-corrected chi connectivity index (χ4v) is 5.82. The van der Waals surface area contributed by atoms with Crippen LogP contribution in [0.4, 0.5) is 8.78 Å². The van der Waals surface area contributed by atoms with Crippen LogP contribution >= 0.6 is 24.0 Å². The molecule has 7 heteroatoms. The van der Waals surface area contributed by atoms with Gasteiger partial charge in [-0.05, 0) is 101 Å². The fourth-order valence-electron chi connectivity index (χ4n) is 5.64. The zero-order valence-electron chi connectivity index (χ0n) is 21.1. The second-order valence-corrected chi connectivity index (χ2v) is 10.5. The predicted molar refractivity (Wildman–Crippen MR) is 152 cm³/mol. The summed E-state index contributed by atoms with van der Waals surface area (Å²) in [6.07, 6.45) is 3.98. The number of hydrogen-bond donors (Lipinski definition) is 1. The van der Waals surface area contributed by atoms with Crippen LogP contribution in [0, 0.1) is 11.7 Å². The number of alkyl halides is 1. The lowest BCUT2D eigenvalue weighted by Gasteiger charge is -2.39. The van der Waals surface area contributed by atoms with Crippen molar-refractivity contribution < 1.29 is 18.7 Å². The van der Waals surface area contributed by atoms with Gasteiger partial charge in [-0.2, -0.15) is 0 Å². The molecule has 3 nitrogen and oxygen atoms in total. The van der Waals surface area contributed by atoms with E-state index < -0.39 is 11.8 Å². The number of hydrogen-bond acceptors (Lipinski definition) is 2. The van der Waals surface area contributed by atoms with E-state index in [2.05, 4.69) is 29.2 Å². The van der Waals surface area contributed by atoms with Gasteiger partial charge in [0.05, 0.1) is 17.3 Å². The Morgan fingerprint density at radius 1 is 1.00 bits per heavy atom. The van der Waals surface area contributed by atoms with Gasteiger partial charge >= 0.3 is 5.97 Å². The van der Waals surface area contributed by atoms with E-state index in [0.29, 0.717) is 12.3 Å². The molecule has 2 aliphatic rings. The number of fused-ring (bicyclic) bond motifs is 1. The van der Waals surface area contributed by atoms with Gasteiger partial charge in [0.2, 0.25) is 0 Å². The minimum absolute atomic E-state index is 0. The smallest absolute Gasteiger partial charge is 0.335 e. The molecule has 0 spiro atoms. The van der Waals surface area contributed by atoms with Crippen molar-refractivity contribution in [2.75, 3.05) is 26.3 Å². The molecule has 1 saturated heterocycles. The van der Waals surface area contributed by atoms with Crippen LogP contribution in [0.1, 0.15) is 57.4 Å². The van der Waals surface area contributed by atoms with Crippen LogP contribution in [-0.4, -0.2) is 42.3 Å². The second-order valence-electron chi connectivity index (χ2n) is 10.1. The molecular formula is C31H31Cl2F2NO2. The molecule has 0 radical (unpaired) electrons. The summed E-state index contributed by atoms with van der Waals surface area (Å²) in [6, 6.07) is 18.8. The van der Waals surface area contributed by atoms with Crippen molar-refractivity contribution >= 4 is 41.1 Å². The maximum absolute atomic E-state index is 14.0. The van der Waals surface area contributed by atoms with Crippen LogP contribution in [0.3, 0.4) is 0 Å². The van der Waals surface area contributed by atoms with Crippen LogP contribution in [0.25, 0.3) is 11.1 Å². The number of likely N-dealkylation sites (tertiary alicyclic amines) is 1. The summed E-state index contributed by atoms with van der Waals surface area (Å²) in [5.41, 5.74) is 7.60. The van der Waals surface area contributed by atoms with E-state index >= 15 is 0 Å². The molecule has 0 saturated carbocycles. The Labute approximate surface area is 233 Å². The minimum atomic E-state index is -0.938. The Balaban J connectivity index is 0.00000336. The van der Waals surface area contributed by atoms with Gasteiger partial charge in [-0.25, -0.2) is 9.18 Å². The number of halogens is 4. The van der Waals surface area contributed by atoms with Crippen LogP contribution in [0.5, 0.6) is 0 Å². The molecule has 1 aliphatic carbocycles. The van der Waals surface area contributed by atoms with Crippen molar-refractivity contribution in [3.8, 4) is 0 Å². The zero-order chi connectivity index (χ0) is 25.9. The van der Waals surface area contributed by atoms with Crippen LogP contribution in [-0.2, 0) is 12.8 Å². The predicted octanol–water partition coefficient (Wildman–Crippen LogP) is 7.73. The molecule has 0 unspecified atom stereocenters. The first-order valence-corrected chi connectivity index (χ1v) is 13.2. The van der Waals surface area contributed by atoms with Crippen LogP contribution < -0.4 is 0 Å². The molecule has 3 aromatic rings. The molecule has 38 heavy (non-hydrogen) atoms. The summed E-state index contributed by atoms with van der Waals surface area (Å²) in [7, 11) is 0. The average Bonchev–Trinajstić information content (AvgIpc) is 3.06. The lowest BCUT2D eigenvalue weighted by atomic mass is 9.86. The van der Waals surface area contributed by atoms with Crippen molar-refractivity contribution in [1.82, 2.24) is 4.90 Å². The molecule has 0 atom stereocenters. The van der Waals surface area contributed by atoms with Gasteiger partial charge in [0.15, 0.2) is 0 Å². The number of allylic oxidation sites excluding steroid dienone is 1. The summed E-state index contributed by atoms with van der Waals surface area (Å²) in [4.78, 5) is 13.9. The van der Waals surface area contributed by atoms with Gasteiger partial charge in [-0.1, -0.05) is 48.0 Å². The number of carboxylic acid groups (broad SMARTS) is 1. The number of carboxylic acids is 1. The third kappa shape index (κ3) is 6.12. The molecular weight excluding hydrogens is 527 g/mol. The molecule has 1 aliphatic heterocycles. The number of carbonyl (C=O) groups is 1. The Bertz CT molecular complexity index is 1330. The third-order valence-corrected chi connectivity index (χ3v) is 7.76. The molecule has 0 aromatic heterocycles. The third-order valence-electron chi connectivity index (χ3n) is 7.47. The molecule has 1 fully saturated rings. The molecule has 5 rings (SSSR count). The van der Waals surface area contributed by atoms with Crippen molar-refractivity contribution in [1.29, 1.82) is 0 Å². The average molecular weight is 558 g/mol. The first-order chi connectivity index (χ1) is 17.9. The summed E-state index contributed by atoms with van der Waals surface area (Å²) in [5, 5.41) is 9.62. The van der Waals surface area contributed by atoms with E-state index in [1.807, 2.05) is 6.07 Å². The van der Waals surface area contributed by atoms with E-state index in [9.17, 15) is 18.7 Å². The molecule has 1 heterocycles. The number of aryl methyl sites for hydroxylation is 1. The highest BCUT2D eigenvalue weighted by Crippen LogP contribution is 2.41. The maximum Gasteiger partial charge on any atom is 0.335 e. The highest BCUT2D eigenvalue weighted by Gasteiger charge is 2.26. The number of aromatic carboxylic acids is 1. The lowest BCUT2D eigenvalue weighted by Crippen LogP contribution is -2.47. The lowest BCUT2D eigenvalue weighted by molar-refractivity contribution is 0.0696. The van der Waals surface area contributed by atoms with Gasteiger partial charge in [-0.3, -0.25) is 4.39 Å². The van der Waals surface area contributed by atoms with Gasteiger partial charge in [0.25, 0.3) is 0 Å². The van der Waals surface area contributed by atoms with Crippen LogP contribution in [0.2, 0.25) is 5.02 Å². The van der Waals surface area contributed by atoms with Crippen molar-refractivity contribution in [3.63, 3.8) is 0 Å². The molecule has 200 valence electrons. The molecule has 0 amide bonds. The van der Waals surface area contributed by atoms with E-state index in [4.69, 9.17) is 11.6 Å². The van der Waals surface area contributed by atoms with Crippen molar-refractivity contribution in [2.45, 2.75) is 32.1 Å². The quantitative estimate of drug-likeness (QED) is 0.308. The van der Waals surface area contributed by atoms with Crippen molar-refractivity contribution in [3.05, 3.63) is 105 Å². The zero-order valence-corrected chi connectivity index (χ0v) is 22.6. The Morgan fingerprint density at radius 2 is 1.74 bits per heavy atom. The summed E-state index contributed by atoms with van der Waals surface area (Å²) in [5.74, 6) is -0.794. The van der Waals surface area contributed by atoms with Crippen LogP contribution in [0.15, 0.2) is 60.7 Å². The molecule has 1 N–H and O–H groups in total. The Hall–Kier alpha value is -2.73. The monoisotopic (exact) mass is 557 g/mol. The normalized spacial score (nSPS) is 15.9. The number of nitrogens with zero attached hydrogens (tertiary/aromatic N) is 1. The summed E-state index contributed by atoms with van der Waals surface area (Å²) in [6.45, 7) is 2.61. The minimum Gasteiger partial charge on any atom is -0.478 e. The summed E-state index contributed by atoms with van der Waals surface area (Å²) >= 11 is 6.17. The molecule has 0 bridgehead atoms. The molecule has 3 aromatic carbocycles. The van der Waals surface area contributed by atoms with Gasteiger partial charge in [0, 0.05) is 19.6 Å².